The van der Waals surface area contributed by atoms with Crippen molar-refractivity contribution in [1.29, 1.82) is 0 Å². The minimum atomic E-state index is -0.683. The highest BCUT2D eigenvalue weighted by atomic mass is 35.5. The van der Waals surface area contributed by atoms with Gasteiger partial charge in [0, 0.05) is 12.3 Å². The highest BCUT2D eigenvalue weighted by Gasteiger charge is 2.23. The van der Waals surface area contributed by atoms with Crippen LogP contribution in [0, 0.1) is 0 Å². The van der Waals surface area contributed by atoms with Gasteiger partial charge in [0.1, 0.15) is 36.9 Å². The fraction of sp³-hybridized carbons (Fsp3) is 0.435. The Labute approximate surface area is 187 Å². The molecule has 164 valence electrons. The third kappa shape index (κ3) is 7.08. The summed E-state index contributed by atoms with van der Waals surface area (Å²) in [6.45, 7) is 5.99. The molecule has 0 aromatic heterocycles. The Morgan fingerprint density at radius 3 is 1.77 bits per heavy atom. The molecule has 0 aliphatic carbocycles. The van der Waals surface area contributed by atoms with Crippen LogP contribution in [0.25, 0.3) is 0 Å². The molecule has 0 spiro atoms. The number of aliphatic hydroxyl groups excluding tert-OH is 1. The lowest BCUT2D eigenvalue weighted by Crippen LogP contribution is -2.25. The van der Waals surface area contributed by atoms with Crippen LogP contribution in [-0.4, -0.2) is 48.3 Å². The van der Waals surface area contributed by atoms with E-state index in [-0.39, 0.29) is 36.4 Å². The Bertz CT molecular complexity index is 790. The maximum atomic E-state index is 11.1. The molecule has 0 saturated carbocycles. The molecule has 0 bridgehead atoms. The number of aliphatic hydroxyl groups is 1. The Morgan fingerprint density at radius 1 is 0.900 bits per heavy atom. The number of carbonyl (C=O) groups excluding carboxylic acids is 1. The molecule has 0 heterocycles. The number of benzene rings is 2. The molecule has 2 rings (SSSR count). The Balaban J connectivity index is 2.01. The maximum absolute atomic E-state index is 11.1. The van der Waals surface area contributed by atoms with Gasteiger partial charge in [-0.05, 0) is 35.4 Å². The third-order valence-electron chi connectivity index (χ3n) is 4.71. The molecule has 1 N–H and O–H groups in total. The van der Waals surface area contributed by atoms with Crippen molar-refractivity contribution >= 4 is 29.2 Å². The van der Waals surface area contributed by atoms with Gasteiger partial charge in [0.15, 0.2) is 0 Å². The number of halogens is 2. The smallest absolute Gasteiger partial charge is 0.303 e. The second kappa shape index (κ2) is 11.4. The van der Waals surface area contributed by atoms with Crippen molar-refractivity contribution in [2.24, 2.45) is 0 Å². The van der Waals surface area contributed by atoms with E-state index in [1.807, 2.05) is 48.5 Å². The van der Waals surface area contributed by atoms with Gasteiger partial charge in [-0.25, -0.2) is 0 Å². The minimum absolute atomic E-state index is 0.140. The van der Waals surface area contributed by atoms with Crippen LogP contribution in [0.2, 0.25) is 0 Å². The van der Waals surface area contributed by atoms with Gasteiger partial charge in [-0.1, -0.05) is 38.1 Å². The van der Waals surface area contributed by atoms with E-state index in [0.717, 1.165) is 11.1 Å². The molecule has 0 radical (unpaired) electrons. The van der Waals surface area contributed by atoms with Crippen molar-refractivity contribution in [1.82, 2.24) is 0 Å². The molecule has 7 heteroatoms. The number of esters is 1. The zero-order chi connectivity index (χ0) is 22.1. The van der Waals surface area contributed by atoms with Crippen molar-refractivity contribution in [3.8, 4) is 11.5 Å². The Morgan fingerprint density at radius 2 is 1.37 bits per heavy atom. The molecule has 0 saturated heterocycles. The lowest BCUT2D eigenvalue weighted by Gasteiger charge is -2.26. The van der Waals surface area contributed by atoms with Gasteiger partial charge in [0.05, 0.1) is 11.8 Å². The van der Waals surface area contributed by atoms with E-state index in [9.17, 15) is 9.90 Å². The summed E-state index contributed by atoms with van der Waals surface area (Å²) < 4.78 is 16.3. The van der Waals surface area contributed by atoms with Crippen LogP contribution in [0.5, 0.6) is 11.5 Å². The summed E-state index contributed by atoms with van der Waals surface area (Å²) in [7, 11) is 0. The fourth-order valence-corrected chi connectivity index (χ4v) is 3.11. The first kappa shape index (κ1) is 24.3. The number of rotatable bonds is 11. The van der Waals surface area contributed by atoms with Crippen molar-refractivity contribution < 1.29 is 24.1 Å². The Kier molecular flexibility index (Phi) is 9.28. The van der Waals surface area contributed by atoms with E-state index in [0.29, 0.717) is 11.5 Å². The molecule has 0 aliphatic heterocycles. The van der Waals surface area contributed by atoms with Crippen LogP contribution < -0.4 is 9.47 Å². The lowest BCUT2D eigenvalue weighted by molar-refractivity contribution is -0.146. The quantitative estimate of drug-likeness (QED) is 0.398. The second-order valence-electron chi connectivity index (χ2n) is 7.49. The summed E-state index contributed by atoms with van der Waals surface area (Å²) in [6.07, 6.45) is -1.16. The largest absolute Gasteiger partial charge is 0.491 e. The monoisotopic (exact) mass is 454 g/mol. The minimum Gasteiger partial charge on any atom is -0.491 e. The highest BCUT2D eigenvalue weighted by Crippen LogP contribution is 2.33. The first-order valence-electron chi connectivity index (χ1n) is 9.70. The van der Waals surface area contributed by atoms with Gasteiger partial charge in [-0.2, -0.15) is 0 Å². The van der Waals surface area contributed by atoms with Gasteiger partial charge in [0.25, 0.3) is 0 Å². The van der Waals surface area contributed by atoms with Gasteiger partial charge < -0.3 is 19.3 Å². The van der Waals surface area contributed by atoms with Gasteiger partial charge in [-0.15, -0.1) is 23.2 Å². The summed E-state index contributed by atoms with van der Waals surface area (Å²) in [6, 6.07) is 15.6. The van der Waals surface area contributed by atoms with Crippen LogP contribution >= 0.6 is 23.2 Å². The summed E-state index contributed by atoms with van der Waals surface area (Å²) in [4.78, 5) is 11.1. The summed E-state index contributed by atoms with van der Waals surface area (Å²) in [5.74, 6) is 1.30. The van der Waals surface area contributed by atoms with E-state index in [1.54, 1.807) is 0 Å². The number of carbonyl (C=O) groups is 1. The van der Waals surface area contributed by atoms with Gasteiger partial charge in [-0.3, -0.25) is 4.79 Å². The van der Waals surface area contributed by atoms with Crippen molar-refractivity contribution in [2.75, 3.05) is 25.0 Å². The highest BCUT2D eigenvalue weighted by molar-refractivity contribution is 6.18. The molecular weight excluding hydrogens is 427 g/mol. The maximum Gasteiger partial charge on any atom is 0.303 e. The van der Waals surface area contributed by atoms with E-state index in [4.69, 9.17) is 37.4 Å². The average molecular weight is 455 g/mol. The van der Waals surface area contributed by atoms with Gasteiger partial charge >= 0.3 is 5.97 Å². The zero-order valence-corrected chi connectivity index (χ0v) is 18.9. The van der Waals surface area contributed by atoms with Crippen molar-refractivity contribution in [3.63, 3.8) is 0 Å². The Hall–Kier alpha value is -1.95. The molecule has 0 amide bonds. The molecular formula is C23H28Cl2O5. The molecule has 2 unspecified atom stereocenters. The SMILES string of the molecule is CC(=O)OC(CCl)COc1ccc(C(C)(C)c2ccc(OCC(O)CCl)cc2)cc1. The van der Waals surface area contributed by atoms with Crippen LogP contribution in [0.1, 0.15) is 31.9 Å². The zero-order valence-electron chi connectivity index (χ0n) is 17.4. The number of alkyl halides is 2. The van der Waals surface area contributed by atoms with E-state index < -0.39 is 12.2 Å². The molecule has 2 aromatic rings. The topological polar surface area (TPSA) is 65.0 Å². The predicted octanol–water partition coefficient (Wildman–Crippen LogP) is 4.54. The lowest BCUT2D eigenvalue weighted by atomic mass is 9.78. The fourth-order valence-electron chi connectivity index (χ4n) is 2.87. The molecule has 2 aromatic carbocycles. The van der Waals surface area contributed by atoms with Gasteiger partial charge in [0.2, 0.25) is 0 Å². The molecule has 0 aliphatic rings. The van der Waals surface area contributed by atoms with E-state index in [1.165, 1.54) is 6.92 Å². The van der Waals surface area contributed by atoms with Crippen LogP contribution in [0.4, 0.5) is 0 Å². The van der Waals surface area contributed by atoms with Crippen molar-refractivity contribution in [2.45, 2.75) is 38.4 Å². The predicted molar refractivity (Wildman–Crippen MR) is 119 cm³/mol. The second-order valence-corrected chi connectivity index (χ2v) is 8.11. The molecule has 2 atom stereocenters. The standard InChI is InChI=1S/C23H28Cl2O5/c1-16(26)30-22(13-25)15-29-21-10-6-18(7-11-21)23(2,3)17-4-8-20(9-5-17)28-14-19(27)12-24/h4-11,19,22,27H,12-15H2,1-3H3. The molecule has 30 heavy (non-hydrogen) atoms. The molecule has 5 nitrogen and oxygen atoms in total. The number of ether oxygens (including phenoxy) is 3. The van der Waals surface area contributed by atoms with E-state index >= 15 is 0 Å². The summed E-state index contributed by atoms with van der Waals surface area (Å²) in [5.41, 5.74) is 2.01. The van der Waals surface area contributed by atoms with Crippen LogP contribution in [-0.2, 0) is 14.9 Å². The average Bonchev–Trinajstić information content (AvgIpc) is 2.75. The summed E-state index contributed by atoms with van der Waals surface area (Å²) >= 11 is 11.4. The first-order chi connectivity index (χ1) is 14.3. The third-order valence-corrected chi connectivity index (χ3v) is 5.41. The van der Waals surface area contributed by atoms with Crippen LogP contribution in [0.15, 0.2) is 48.5 Å². The molecule has 0 fully saturated rings. The van der Waals surface area contributed by atoms with E-state index in [2.05, 4.69) is 13.8 Å². The normalized spacial score (nSPS) is 13.4. The first-order valence-corrected chi connectivity index (χ1v) is 10.8. The number of hydrogen-bond acceptors (Lipinski definition) is 5. The van der Waals surface area contributed by atoms with Crippen LogP contribution in [0.3, 0.4) is 0 Å². The summed E-state index contributed by atoms with van der Waals surface area (Å²) in [5, 5.41) is 9.50. The number of hydrogen-bond donors (Lipinski definition) is 1. The van der Waals surface area contributed by atoms with Crippen molar-refractivity contribution in [3.05, 3.63) is 59.7 Å².